The summed E-state index contributed by atoms with van der Waals surface area (Å²) in [6.45, 7) is 0.988. The number of pyridine rings is 1. The van der Waals surface area contributed by atoms with E-state index in [0.717, 1.165) is 50.7 Å². The molecule has 3 amide bonds. The van der Waals surface area contributed by atoms with E-state index >= 15 is 0 Å². The summed E-state index contributed by atoms with van der Waals surface area (Å²) < 4.78 is 55.6. The molecule has 1 aromatic heterocycles. The first kappa shape index (κ1) is 26.2. The Morgan fingerprint density at radius 2 is 1.69 bits per heavy atom. The third-order valence-electron chi connectivity index (χ3n) is 6.78. The number of nitrogens with one attached hydrogen (secondary N) is 2. The molecule has 1 aliphatic heterocycles. The Bertz CT molecular complexity index is 1100. The van der Waals surface area contributed by atoms with E-state index in [1.165, 1.54) is 18.3 Å². The zero-order chi connectivity index (χ0) is 25.9. The molecule has 1 unspecified atom stereocenters. The first-order valence-electron chi connectivity index (χ1n) is 11.9. The number of carbonyl (C=O) groups excluding carboxylic acids is 2. The van der Waals surface area contributed by atoms with E-state index in [2.05, 4.69) is 15.6 Å². The predicted octanol–water partition coefficient (Wildman–Crippen LogP) is 5.39. The van der Waals surface area contributed by atoms with Crippen LogP contribution in [0.3, 0.4) is 0 Å². The highest BCUT2D eigenvalue weighted by Crippen LogP contribution is 2.38. The lowest BCUT2D eigenvalue weighted by Crippen LogP contribution is -2.55. The third kappa shape index (κ3) is 5.91. The van der Waals surface area contributed by atoms with Gasteiger partial charge in [-0.15, -0.1) is 0 Å². The molecule has 2 aliphatic rings. The summed E-state index contributed by atoms with van der Waals surface area (Å²) in [5.41, 5.74) is -3.28. The van der Waals surface area contributed by atoms with Gasteiger partial charge in [-0.25, -0.2) is 9.18 Å². The number of likely N-dealkylation sites (tertiary alicyclic amines) is 1. The van der Waals surface area contributed by atoms with Gasteiger partial charge in [-0.3, -0.25) is 9.78 Å². The van der Waals surface area contributed by atoms with Crippen molar-refractivity contribution < 1.29 is 27.2 Å². The molecule has 11 heteroatoms. The molecule has 2 aromatic rings. The molecule has 1 aromatic carbocycles. The van der Waals surface area contributed by atoms with Gasteiger partial charge in [-0.05, 0) is 61.6 Å². The minimum Gasteiger partial charge on any atom is -0.343 e. The third-order valence-corrected chi connectivity index (χ3v) is 7.00. The van der Waals surface area contributed by atoms with Crippen molar-refractivity contribution in [3.63, 3.8) is 0 Å². The van der Waals surface area contributed by atoms with Crippen LogP contribution >= 0.6 is 11.6 Å². The van der Waals surface area contributed by atoms with Crippen LogP contribution in [0.4, 0.5) is 22.4 Å². The standard InChI is InChI=1S/C25H27ClF4N4O2/c26-18-7-8-21(31-15-18)24(14-22(35)34-9-3-4-10-34,33-23(36)32-20-5-1-2-6-20)16-11-17(25(28,29)30)13-19(27)12-16/h7-8,11-13,15,20H,1-6,9-10,14H2,(H2,32,33,36). The molecule has 194 valence electrons. The van der Waals surface area contributed by atoms with E-state index in [1.54, 1.807) is 4.90 Å². The largest absolute Gasteiger partial charge is 0.416 e. The molecule has 2 fully saturated rings. The smallest absolute Gasteiger partial charge is 0.343 e. The molecule has 36 heavy (non-hydrogen) atoms. The lowest BCUT2D eigenvalue weighted by Gasteiger charge is -2.36. The molecular weight excluding hydrogens is 500 g/mol. The molecule has 0 radical (unpaired) electrons. The number of amides is 3. The Kier molecular flexibility index (Phi) is 7.73. The van der Waals surface area contributed by atoms with E-state index in [0.29, 0.717) is 19.2 Å². The van der Waals surface area contributed by atoms with Gasteiger partial charge >= 0.3 is 12.2 Å². The Morgan fingerprint density at radius 3 is 2.31 bits per heavy atom. The lowest BCUT2D eigenvalue weighted by atomic mass is 9.81. The Morgan fingerprint density at radius 1 is 1.03 bits per heavy atom. The number of urea groups is 1. The molecular formula is C25H27ClF4N4O2. The summed E-state index contributed by atoms with van der Waals surface area (Å²) >= 11 is 6.00. The van der Waals surface area contributed by atoms with E-state index < -0.39 is 35.5 Å². The number of aromatic nitrogens is 1. The Balaban J connectivity index is 1.84. The van der Waals surface area contributed by atoms with Crippen molar-refractivity contribution in [3.05, 3.63) is 64.2 Å². The fourth-order valence-corrected chi connectivity index (χ4v) is 5.05. The molecule has 4 rings (SSSR count). The monoisotopic (exact) mass is 526 g/mol. The molecule has 0 bridgehead atoms. The fraction of sp³-hybridized carbons (Fsp3) is 0.480. The summed E-state index contributed by atoms with van der Waals surface area (Å²) in [5, 5.41) is 5.83. The number of nitrogens with zero attached hydrogens (tertiary/aromatic N) is 2. The van der Waals surface area contributed by atoms with Crippen LogP contribution < -0.4 is 10.6 Å². The summed E-state index contributed by atoms with van der Waals surface area (Å²) in [6.07, 6.45) is 1.00. The van der Waals surface area contributed by atoms with Crippen LogP contribution in [0.2, 0.25) is 5.02 Å². The number of alkyl halides is 3. The maximum absolute atomic E-state index is 14.6. The first-order chi connectivity index (χ1) is 17.1. The average molecular weight is 527 g/mol. The number of rotatable bonds is 6. The maximum Gasteiger partial charge on any atom is 0.416 e. The van der Waals surface area contributed by atoms with Crippen molar-refractivity contribution >= 4 is 23.5 Å². The highest BCUT2D eigenvalue weighted by Gasteiger charge is 2.43. The van der Waals surface area contributed by atoms with Crippen LogP contribution in [0.5, 0.6) is 0 Å². The highest BCUT2D eigenvalue weighted by atomic mass is 35.5. The Labute approximate surface area is 211 Å². The van der Waals surface area contributed by atoms with Gasteiger partial charge in [0.25, 0.3) is 0 Å². The second-order valence-electron chi connectivity index (χ2n) is 9.34. The topological polar surface area (TPSA) is 74.3 Å². The van der Waals surface area contributed by atoms with Crippen LogP contribution in [-0.4, -0.2) is 41.0 Å². The second-order valence-corrected chi connectivity index (χ2v) is 9.77. The van der Waals surface area contributed by atoms with Crippen molar-refractivity contribution in [2.75, 3.05) is 13.1 Å². The lowest BCUT2D eigenvalue weighted by molar-refractivity contribution is -0.137. The number of hydrogen-bond donors (Lipinski definition) is 2. The molecule has 1 aliphatic carbocycles. The van der Waals surface area contributed by atoms with Gasteiger partial charge in [0, 0.05) is 25.3 Å². The minimum atomic E-state index is -4.85. The van der Waals surface area contributed by atoms with Crippen molar-refractivity contribution in [1.82, 2.24) is 20.5 Å². The summed E-state index contributed by atoms with van der Waals surface area (Å²) in [5.74, 6) is -1.53. The van der Waals surface area contributed by atoms with Gasteiger partial charge in [0.05, 0.1) is 22.7 Å². The van der Waals surface area contributed by atoms with Crippen LogP contribution in [-0.2, 0) is 16.5 Å². The average Bonchev–Trinajstić information content (AvgIpc) is 3.52. The van der Waals surface area contributed by atoms with E-state index in [4.69, 9.17) is 11.6 Å². The fourth-order valence-electron chi connectivity index (χ4n) is 4.94. The minimum absolute atomic E-state index is 0.0692. The predicted molar refractivity (Wildman–Crippen MR) is 126 cm³/mol. The van der Waals surface area contributed by atoms with Gasteiger partial charge in [0.2, 0.25) is 5.91 Å². The maximum atomic E-state index is 14.6. The van der Waals surface area contributed by atoms with E-state index in [-0.39, 0.29) is 28.2 Å². The summed E-state index contributed by atoms with van der Waals surface area (Å²) in [6, 6.07) is 4.14. The van der Waals surface area contributed by atoms with Crippen LogP contribution in [0.1, 0.15) is 61.8 Å². The Hall–Kier alpha value is -2.88. The summed E-state index contributed by atoms with van der Waals surface area (Å²) in [4.78, 5) is 32.4. The zero-order valence-corrected chi connectivity index (χ0v) is 20.3. The molecule has 6 nitrogen and oxygen atoms in total. The van der Waals surface area contributed by atoms with Crippen LogP contribution in [0, 0.1) is 5.82 Å². The van der Waals surface area contributed by atoms with Crippen molar-refractivity contribution in [2.45, 2.75) is 62.7 Å². The molecule has 2 N–H and O–H groups in total. The van der Waals surface area contributed by atoms with E-state index in [9.17, 15) is 27.2 Å². The molecule has 1 saturated heterocycles. The number of benzene rings is 1. The van der Waals surface area contributed by atoms with Gasteiger partial charge in [-0.1, -0.05) is 24.4 Å². The molecule has 2 heterocycles. The SMILES string of the molecule is O=C(NC1CCCC1)NC(CC(=O)N1CCCC1)(c1cc(F)cc(C(F)(F)F)c1)c1ccc(Cl)cn1. The first-order valence-corrected chi connectivity index (χ1v) is 12.3. The number of halogens is 5. The van der Waals surface area contributed by atoms with Crippen LogP contribution in [0.25, 0.3) is 0 Å². The zero-order valence-electron chi connectivity index (χ0n) is 19.5. The molecule has 1 atom stereocenters. The van der Waals surface area contributed by atoms with Gasteiger partial charge in [0.15, 0.2) is 0 Å². The summed E-state index contributed by atoms with van der Waals surface area (Å²) in [7, 11) is 0. The highest BCUT2D eigenvalue weighted by molar-refractivity contribution is 6.30. The number of hydrogen-bond acceptors (Lipinski definition) is 3. The molecule has 0 spiro atoms. The van der Waals surface area contributed by atoms with Gasteiger partial charge in [-0.2, -0.15) is 13.2 Å². The van der Waals surface area contributed by atoms with Crippen molar-refractivity contribution in [2.24, 2.45) is 0 Å². The quantitative estimate of drug-likeness (QED) is 0.496. The molecule has 1 saturated carbocycles. The van der Waals surface area contributed by atoms with Crippen LogP contribution in [0.15, 0.2) is 36.5 Å². The van der Waals surface area contributed by atoms with Gasteiger partial charge < -0.3 is 15.5 Å². The van der Waals surface area contributed by atoms with E-state index in [1.807, 2.05) is 0 Å². The normalized spacial score (nSPS) is 18.2. The van der Waals surface area contributed by atoms with Crippen molar-refractivity contribution in [1.29, 1.82) is 0 Å². The number of carbonyl (C=O) groups is 2. The second kappa shape index (κ2) is 10.6. The van der Waals surface area contributed by atoms with Gasteiger partial charge in [0.1, 0.15) is 11.4 Å². The van der Waals surface area contributed by atoms with Crippen molar-refractivity contribution in [3.8, 4) is 0 Å².